The zero-order valence-electron chi connectivity index (χ0n) is 12.7. The van der Waals surface area contributed by atoms with Crippen molar-refractivity contribution in [3.05, 3.63) is 29.3 Å². The second kappa shape index (κ2) is 5.05. The van der Waals surface area contributed by atoms with Crippen molar-refractivity contribution >= 4 is 0 Å². The van der Waals surface area contributed by atoms with Gasteiger partial charge in [0.1, 0.15) is 11.4 Å². The molecular formula is C17H25NO2. The quantitative estimate of drug-likeness (QED) is 0.920. The van der Waals surface area contributed by atoms with Gasteiger partial charge in [-0.3, -0.25) is 4.90 Å². The van der Waals surface area contributed by atoms with E-state index in [1.54, 1.807) is 0 Å². The number of nitrogens with zero attached hydrogens (tertiary/aromatic N) is 1. The topological polar surface area (TPSA) is 32.7 Å². The predicted octanol–water partition coefficient (Wildman–Crippen LogP) is 2.75. The summed E-state index contributed by atoms with van der Waals surface area (Å²) in [6.45, 7) is 5.13. The van der Waals surface area contributed by atoms with E-state index in [1.807, 2.05) is 0 Å². The Labute approximate surface area is 121 Å². The highest BCUT2D eigenvalue weighted by atomic mass is 16.5. The van der Waals surface area contributed by atoms with Crippen LogP contribution in [0.3, 0.4) is 0 Å². The predicted molar refractivity (Wildman–Crippen MR) is 80.0 cm³/mol. The van der Waals surface area contributed by atoms with Crippen molar-refractivity contribution < 1.29 is 9.84 Å². The molecule has 0 amide bonds. The van der Waals surface area contributed by atoms with Crippen LogP contribution in [-0.4, -0.2) is 34.8 Å². The van der Waals surface area contributed by atoms with Crippen LogP contribution in [0, 0.1) is 0 Å². The summed E-state index contributed by atoms with van der Waals surface area (Å²) < 4.78 is 6.13. The third kappa shape index (κ3) is 2.57. The van der Waals surface area contributed by atoms with Crippen molar-refractivity contribution in [2.75, 3.05) is 7.05 Å². The van der Waals surface area contributed by atoms with E-state index < -0.39 is 0 Å². The first-order valence-electron chi connectivity index (χ1n) is 7.64. The van der Waals surface area contributed by atoms with Gasteiger partial charge in [-0.25, -0.2) is 0 Å². The van der Waals surface area contributed by atoms with Crippen molar-refractivity contribution in [2.45, 2.75) is 63.8 Å². The van der Waals surface area contributed by atoms with Gasteiger partial charge in [0, 0.05) is 24.6 Å². The van der Waals surface area contributed by atoms with Crippen LogP contribution in [0.5, 0.6) is 5.75 Å². The lowest BCUT2D eigenvalue weighted by Gasteiger charge is -2.28. The maximum atomic E-state index is 10.0. The highest BCUT2D eigenvalue weighted by Gasteiger charge is 2.33. The first kappa shape index (κ1) is 13.9. The Morgan fingerprint density at radius 3 is 2.85 bits per heavy atom. The van der Waals surface area contributed by atoms with E-state index >= 15 is 0 Å². The highest BCUT2D eigenvalue weighted by Crippen LogP contribution is 2.38. The van der Waals surface area contributed by atoms with Crippen molar-refractivity contribution in [1.82, 2.24) is 4.90 Å². The maximum Gasteiger partial charge on any atom is 0.127 e. The number of hydrogen-bond acceptors (Lipinski definition) is 3. The second-order valence-corrected chi connectivity index (χ2v) is 6.92. The zero-order chi connectivity index (χ0) is 14.3. The summed E-state index contributed by atoms with van der Waals surface area (Å²) in [7, 11) is 2.11. The van der Waals surface area contributed by atoms with Gasteiger partial charge in [-0.2, -0.15) is 0 Å². The zero-order valence-corrected chi connectivity index (χ0v) is 12.7. The van der Waals surface area contributed by atoms with Gasteiger partial charge in [0.15, 0.2) is 0 Å². The van der Waals surface area contributed by atoms with Crippen LogP contribution in [0.4, 0.5) is 0 Å². The smallest absolute Gasteiger partial charge is 0.127 e. The molecule has 1 fully saturated rings. The average molecular weight is 275 g/mol. The van der Waals surface area contributed by atoms with Gasteiger partial charge in [-0.05, 0) is 45.7 Å². The molecule has 0 saturated heterocycles. The molecule has 3 nitrogen and oxygen atoms in total. The van der Waals surface area contributed by atoms with E-state index in [0.29, 0.717) is 6.04 Å². The van der Waals surface area contributed by atoms with Gasteiger partial charge in [0.05, 0.1) is 6.10 Å². The molecule has 1 N–H and O–H groups in total. The van der Waals surface area contributed by atoms with Crippen molar-refractivity contribution in [3.8, 4) is 5.75 Å². The van der Waals surface area contributed by atoms with Crippen molar-refractivity contribution in [1.29, 1.82) is 0 Å². The Morgan fingerprint density at radius 1 is 1.35 bits per heavy atom. The van der Waals surface area contributed by atoms with E-state index in [0.717, 1.165) is 38.0 Å². The third-order valence-electron chi connectivity index (χ3n) is 4.60. The third-order valence-corrected chi connectivity index (χ3v) is 4.60. The highest BCUT2D eigenvalue weighted by molar-refractivity contribution is 5.45. The monoisotopic (exact) mass is 275 g/mol. The molecule has 0 unspecified atom stereocenters. The van der Waals surface area contributed by atoms with Crippen molar-refractivity contribution in [3.63, 3.8) is 0 Å². The minimum absolute atomic E-state index is 0.0934. The molecule has 0 aromatic heterocycles. The standard InChI is InChI=1S/C17H25NO2/c1-17(2)10-12-6-4-7-13(16(12)20-17)11-18(3)14-8-5-9-15(14)19/h4,6-7,14-15,19H,5,8-11H2,1-3H3/t14-,15-/m1/s1. The summed E-state index contributed by atoms with van der Waals surface area (Å²) in [5.41, 5.74) is 2.46. The Morgan fingerprint density at radius 2 is 2.15 bits per heavy atom. The molecule has 2 aliphatic rings. The molecule has 2 atom stereocenters. The summed E-state index contributed by atoms with van der Waals surface area (Å²) in [6.07, 6.45) is 3.97. The first-order valence-corrected chi connectivity index (χ1v) is 7.64. The number of aliphatic hydroxyl groups excluding tert-OH is 1. The molecule has 3 rings (SSSR count). The number of fused-ring (bicyclic) bond motifs is 1. The van der Waals surface area contributed by atoms with Gasteiger partial charge in [-0.15, -0.1) is 0 Å². The average Bonchev–Trinajstić information content (AvgIpc) is 2.91. The Hall–Kier alpha value is -1.06. The molecule has 0 bridgehead atoms. The van der Waals surface area contributed by atoms with Gasteiger partial charge in [-0.1, -0.05) is 18.2 Å². The second-order valence-electron chi connectivity index (χ2n) is 6.92. The Bertz CT molecular complexity index is 498. The normalized spacial score (nSPS) is 27.6. The summed E-state index contributed by atoms with van der Waals surface area (Å²) in [5, 5.41) is 10.0. The van der Waals surface area contributed by atoms with E-state index in [1.165, 1.54) is 11.1 Å². The van der Waals surface area contributed by atoms with Crippen LogP contribution in [0.15, 0.2) is 18.2 Å². The summed E-state index contributed by atoms with van der Waals surface area (Å²) in [5.74, 6) is 1.07. The lowest BCUT2D eigenvalue weighted by molar-refractivity contribution is 0.0806. The minimum atomic E-state index is -0.172. The Balaban J connectivity index is 1.78. The van der Waals surface area contributed by atoms with Crippen LogP contribution in [0.1, 0.15) is 44.2 Å². The van der Waals surface area contributed by atoms with Crippen molar-refractivity contribution in [2.24, 2.45) is 0 Å². The van der Waals surface area contributed by atoms with Crippen LogP contribution in [0.25, 0.3) is 0 Å². The molecule has 0 spiro atoms. The maximum absolute atomic E-state index is 10.0. The molecule has 20 heavy (non-hydrogen) atoms. The summed E-state index contributed by atoms with van der Waals surface area (Å²) >= 11 is 0. The number of likely N-dealkylation sites (N-methyl/N-ethyl adjacent to an activating group) is 1. The fourth-order valence-corrected chi connectivity index (χ4v) is 3.62. The number of rotatable bonds is 3. The number of hydrogen-bond donors (Lipinski definition) is 1. The van der Waals surface area contributed by atoms with Gasteiger partial charge in [0.25, 0.3) is 0 Å². The lowest BCUT2D eigenvalue weighted by atomic mass is 10.0. The molecule has 1 aromatic carbocycles. The van der Waals surface area contributed by atoms with Gasteiger partial charge >= 0.3 is 0 Å². The number of ether oxygens (including phenoxy) is 1. The Kier molecular flexibility index (Phi) is 3.51. The van der Waals surface area contributed by atoms with Gasteiger partial charge in [0.2, 0.25) is 0 Å². The molecule has 110 valence electrons. The number of para-hydroxylation sites is 1. The van der Waals surface area contributed by atoms with Crippen LogP contribution < -0.4 is 4.74 Å². The largest absolute Gasteiger partial charge is 0.487 e. The van der Waals surface area contributed by atoms with Crippen LogP contribution >= 0.6 is 0 Å². The molecule has 1 aromatic rings. The molecule has 1 aliphatic carbocycles. The van der Waals surface area contributed by atoms with E-state index in [2.05, 4.69) is 44.0 Å². The fourth-order valence-electron chi connectivity index (χ4n) is 3.62. The first-order chi connectivity index (χ1) is 9.46. The molecule has 1 saturated carbocycles. The van der Waals surface area contributed by atoms with Gasteiger partial charge < -0.3 is 9.84 Å². The summed E-state index contributed by atoms with van der Waals surface area (Å²) in [6, 6.07) is 6.73. The molecule has 1 heterocycles. The lowest BCUT2D eigenvalue weighted by Crippen LogP contribution is -2.37. The van der Waals surface area contributed by atoms with E-state index in [-0.39, 0.29) is 11.7 Å². The molecule has 1 aliphatic heterocycles. The fraction of sp³-hybridized carbons (Fsp3) is 0.647. The number of aliphatic hydroxyl groups is 1. The SMILES string of the molecule is CN(Cc1cccc2c1OC(C)(C)C2)[C@@H]1CCC[C@H]1O. The van der Waals surface area contributed by atoms with E-state index in [9.17, 15) is 5.11 Å². The number of benzene rings is 1. The molecule has 3 heteroatoms. The molecular weight excluding hydrogens is 250 g/mol. The van der Waals surface area contributed by atoms with E-state index in [4.69, 9.17) is 4.74 Å². The minimum Gasteiger partial charge on any atom is -0.487 e. The van der Waals surface area contributed by atoms with Crippen LogP contribution in [-0.2, 0) is 13.0 Å². The molecule has 0 radical (unpaired) electrons. The summed E-state index contributed by atoms with van der Waals surface area (Å²) in [4.78, 5) is 2.28. The van der Waals surface area contributed by atoms with Crippen LogP contribution in [0.2, 0.25) is 0 Å².